The first-order chi connectivity index (χ1) is 7.47. The second-order valence-electron chi connectivity index (χ2n) is 6.97. The van der Waals surface area contributed by atoms with Gasteiger partial charge in [0.15, 0.2) is 8.32 Å². The lowest BCUT2D eigenvalue weighted by molar-refractivity contribution is -0.206. The summed E-state index contributed by atoms with van der Waals surface area (Å²) >= 11 is 0. The highest BCUT2D eigenvalue weighted by Gasteiger charge is 2.49. The summed E-state index contributed by atoms with van der Waals surface area (Å²) in [6, 6.07) is 0. The zero-order valence-corrected chi connectivity index (χ0v) is 13.2. The molecule has 1 fully saturated rings. The molecule has 0 bridgehead atoms. The molecule has 0 aliphatic carbocycles. The highest BCUT2D eigenvalue weighted by molar-refractivity contribution is 6.74. The predicted octanol–water partition coefficient (Wildman–Crippen LogP) is 3.35. The van der Waals surface area contributed by atoms with Crippen molar-refractivity contribution in [3.8, 4) is 0 Å². The Balaban J connectivity index is 2.41. The lowest BCUT2D eigenvalue weighted by Gasteiger charge is -2.43. The molecule has 1 atom stereocenters. The monoisotopic (exact) mass is 258 g/mol. The second kappa shape index (κ2) is 4.39. The SMILES string of the molecule is CC1(C)OC(=O)C1CCO[Si](C)(C)C(C)(C)C. The first-order valence-electron chi connectivity index (χ1n) is 6.34. The van der Waals surface area contributed by atoms with Crippen LogP contribution >= 0.6 is 0 Å². The molecular formula is C13H26O3Si. The van der Waals surface area contributed by atoms with E-state index in [1.807, 2.05) is 13.8 Å². The molecule has 0 aromatic rings. The van der Waals surface area contributed by atoms with Crippen molar-refractivity contribution < 1.29 is 14.0 Å². The fourth-order valence-corrected chi connectivity index (χ4v) is 2.80. The first kappa shape index (κ1) is 14.7. The summed E-state index contributed by atoms with van der Waals surface area (Å²) in [6.45, 7) is 15.7. The fourth-order valence-electron chi connectivity index (χ4n) is 1.74. The number of cyclic esters (lactones) is 1. The molecule has 1 aliphatic heterocycles. The summed E-state index contributed by atoms with van der Waals surface area (Å²) < 4.78 is 11.2. The van der Waals surface area contributed by atoms with Gasteiger partial charge < -0.3 is 9.16 Å². The van der Waals surface area contributed by atoms with Gasteiger partial charge in [0, 0.05) is 6.61 Å². The zero-order valence-electron chi connectivity index (χ0n) is 12.2. The smallest absolute Gasteiger partial charge is 0.313 e. The minimum absolute atomic E-state index is 0.00673. The Morgan fingerprint density at radius 1 is 1.35 bits per heavy atom. The maximum absolute atomic E-state index is 11.3. The topological polar surface area (TPSA) is 35.5 Å². The van der Waals surface area contributed by atoms with Crippen molar-refractivity contribution in [2.75, 3.05) is 6.61 Å². The van der Waals surface area contributed by atoms with Crippen LogP contribution in [0.3, 0.4) is 0 Å². The molecule has 0 radical (unpaired) electrons. The van der Waals surface area contributed by atoms with Crippen LogP contribution in [0.5, 0.6) is 0 Å². The van der Waals surface area contributed by atoms with Crippen LogP contribution in [-0.4, -0.2) is 26.5 Å². The molecule has 0 N–H and O–H groups in total. The molecule has 4 heteroatoms. The Kier molecular flexibility index (Phi) is 3.80. The van der Waals surface area contributed by atoms with E-state index in [1.165, 1.54) is 0 Å². The lowest BCUT2D eigenvalue weighted by atomic mass is 9.83. The van der Waals surface area contributed by atoms with E-state index in [9.17, 15) is 4.79 Å². The van der Waals surface area contributed by atoms with Gasteiger partial charge in [0.1, 0.15) is 5.60 Å². The Hall–Kier alpha value is -0.353. The number of carbonyl (C=O) groups is 1. The van der Waals surface area contributed by atoms with Gasteiger partial charge in [-0.25, -0.2) is 0 Å². The van der Waals surface area contributed by atoms with Crippen LogP contribution in [0.2, 0.25) is 18.1 Å². The third-order valence-corrected chi connectivity index (χ3v) is 8.70. The van der Waals surface area contributed by atoms with Gasteiger partial charge >= 0.3 is 5.97 Å². The van der Waals surface area contributed by atoms with Gasteiger partial charge in [0.25, 0.3) is 0 Å². The van der Waals surface area contributed by atoms with Gasteiger partial charge in [0.2, 0.25) is 0 Å². The maximum Gasteiger partial charge on any atom is 0.313 e. The molecule has 1 unspecified atom stereocenters. The molecule has 0 spiro atoms. The van der Waals surface area contributed by atoms with Crippen molar-refractivity contribution in [2.45, 2.75) is 64.8 Å². The summed E-state index contributed by atoms with van der Waals surface area (Å²) in [5.74, 6) is -0.0684. The number of hydrogen-bond donors (Lipinski definition) is 0. The van der Waals surface area contributed by atoms with Gasteiger partial charge in [-0.1, -0.05) is 20.8 Å². The molecule has 0 saturated carbocycles. The molecule has 1 aliphatic rings. The molecule has 0 amide bonds. The Morgan fingerprint density at radius 3 is 2.24 bits per heavy atom. The molecule has 1 rings (SSSR count). The van der Waals surface area contributed by atoms with Crippen LogP contribution in [0.1, 0.15) is 41.0 Å². The van der Waals surface area contributed by atoms with E-state index in [0.717, 1.165) is 6.42 Å². The normalized spacial score (nSPS) is 24.2. The summed E-state index contributed by atoms with van der Waals surface area (Å²) in [5, 5.41) is 0.225. The third-order valence-electron chi connectivity index (χ3n) is 4.16. The van der Waals surface area contributed by atoms with Crippen LogP contribution in [0, 0.1) is 5.92 Å². The Morgan fingerprint density at radius 2 is 1.88 bits per heavy atom. The molecule has 3 nitrogen and oxygen atoms in total. The highest BCUT2D eigenvalue weighted by Crippen LogP contribution is 2.39. The summed E-state index contributed by atoms with van der Waals surface area (Å²) in [5.41, 5.74) is -0.298. The van der Waals surface area contributed by atoms with Crippen LogP contribution in [0.4, 0.5) is 0 Å². The molecule has 1 heterocycles. The van der Waals surface area contributed by atoms with Gasteiger partial charge in [-0.15, -0.1) is 0 Å². The standard InChI is InChI=1S/C13H26O3Si/c1-12(2,3)17(6,7)15-9-8-10-11(14)16-13(10,4)5/h10H,8-9H2,1-7H3. The third kappa shape index (κ3) is 3.10. The summed E-state index contributed by atoms with van der Waals surface area (Å²) in [4.78, 5) is 11.3. The Bertz CT molecular complexity index is 302. The number of carbonyl (C=O) groups excluding carboxylic acids is 1. The van der Waals surface area contributed by atoms with Crippen LogP contribution < -0.4 is 0 Å². The van der Waals surface area contributed by atoms with Crippen molar-refractivity contribution in [1.29, 1.82) is 0 Å². The van der Waals surface area contributed by atoms with Crippen molar-refractivity contribution in [3.63, 3.8) is 0 Å². The molecule has 100 valence electrons. The van der Waals surface area contributed by atoms with E-state index in [-0.39, 0.29) is 22.5 Å². The van der Waals surface area contributed by atoms with E-state index in [4.69, 9.17) is 9.16 Å². The van der Waals surface area contributed by atoms with E-state index < -0.39 is 8.32 Å². The predicted molar refractivity (Wildman–Crippen MR) is 71.4 cm³/mol. The second-order valence-corrected chi connectivity index (χ2v) is 11.8. The van der Waals surface area contributed by atoms with E-state index in [1.54, 1.807) is 0 Å². The Labute approximate surface area is 106 Å². The summed E-state index contributed by atoms with van der Waals surface area (Å²) in [7, 11) is -1.68. The fraction of sp³-hybridized carbons (Fsp3) is 0.923. The highest BCUT2D eigenvalue weighted by atomic mass is 28.4. The van der Waals surface area contributed by atoms with Crippen LogP contribution in [0.15, 0.2) is 0 Å². The number of esters is 1. The minimum Gasteiger partial charge on any atom is -0.458 e. The maximum atomic E-state index is 11.3. The van der Waals surface area contributed by atoms with Crippen LogP contribution in [-0.2, 0) is 14.0 Å². The number of hydrogen-bond acceptors (Lipinski definition) is 3. The lowest BCUT2D eigenvalue weighted by Crippen LogP contribution is -2.54. The van der Waals surface area contributed by atoms with Crippen molar-refractivity contribution in [1.82, 2.24) is 0 Å². The van der Waals surface area contributed by atoms with Crippen molar-refractivity contribution in [3.05, 3.63) is 0 Å². The molecule has 17 heavy (non-hydrogen) atoms. The number of rotatable bonds is 4. The quantitative estimate of drug-likeness (QED) is 0.573. The van der Waals surface area contributed by atoms with E-state index >= 15 is 0 Å². The van der Waals surface area contributed by atoms with E-state index in [2.05, 4.69) is 33.9 Å². The first-order valence-corrected chi connectivity index (χ1v) is 9.25. The minimum atomic E-state index is -1.68. The largest absolute Gasteiger partial charge is 0.458 e. The van der Waals surface area contributed by atoms with Crippen LogP contribution in [0.25, 0.3) is 0 Å². The van der Waals surface area contributed by atoms with Crippen molar-refractivity contribution in [2.24, 2.45) is 5.92 Å². The van der Waals surface area contributed by atoms with Gasteiger partial charge in [0.05, 0.1) is 5.92 Å². The molecule has 1 saturated heterocycles. The zero-order chi connectivity index (χ0) is 13.5. The molecular weight excluding hydrogens is 232 g/mol. The van der Waals surface area contributed by atoms with Gasteiger partial charge in [-0.3, -0.25) is 4.79 Å². The van der Waals surface area contributed by atoms with Gasteiger partial charge in [-0.05, 0) is 38.4 Å². The number of ether oxygens (including phenoxy) is 1. The molecule has 0 aromatic heterocycles. The van der Waals surface area contributed by atoms with E-state index in [0.29, 0.717) is 6.61 Å². The average Bonchev–Trinajstić information content (AvgIpc) is 2.09. The van der Waals surface area contributed by atoms with Crippen molar-refractivity contribution >= 4 is 14.3 Å². The molecule has 0 aromatic carbocycles. The average molecular weight is 258 g/mol. The van der Waals surface area contributed by atoms with Gasteiger partial charge in [-0.2, -0.15) is 0 Å². The summed E-state index contributed by atoms with van der Waals surface area (Å²) in [6.07, 6.45) is 0.776.